The summed E-state index contributed by atoms with van der Waals surface area (Å²) in [7, 11) is 0. The summed E-state index contributed by atoms with van der Waals surface area (Å²) < 4.78 is 0. The Hall–Kier alpha value is -0.870. The molecule has 0 rings (SSSR count). The molecule has 0 aliphatic heterocycles. The van der Waals surface area contributed by atoms with Crippen molar-refractivity contribution >= 4 is 5.97 Å². The molecule has 0 radical (unpaired) electrons. The fraction of sp³-hybridized carbons (Fsp3) is 0.750. The Balaban J connectivity index is 3.82. The molecule has 0 spiro atoms. The van der Waals surface area contributed by atoms with Crippen LogP contribution in [-0.4, -0.2) is 35.4 Å². The van der Waals surface area contributed by atoms with E-state index in [1.165, 1.54) is 0 Å². The van der Waals surface area contributed by atoms with Gasteiger partial charge in [0.1, 0.15) is 0 Å². The first-order valence-corrected chi connectivity index (χ1v) is 5.81. The maximum atomic E-state index is 10.5. The lowest BCUT2D eigenvalue weighted by Gasteiger charge is -2.19. The van der Waals surface area contributed by atoms with E-state index < -0.39 is 5.97 Å². The number of nitrogens with one attached hydrogen (secondary N) is 1. The van der Waals surface area contributed by atoms with Gasteiger partial charge in [0, 0.05) is 18.7 Å². The summed E-state index contributed by atoms with van der Waals surface area (Å²) in [5.41, 5.74) is 0.324. The Morgan fingerprint density at radius 1 is 1.38 bits per heavy atom. The van der Waals surface area contributed by atoms with Crippen molar-refractivity contribution in [2.75, 3.05) is 13.1 Å². The summed E-state index contributed by atoms with van der Waals surface area (Å²) >= 11 is 0. The Morgan fingerprint density at radius 3 is 2.38 bits per heavy atom. The van der Waals surface area contributed by atoms with Crippen molar-refractivity contribution in [1.29, 1.82) is 0 Å². The van der Waals surface area contributed by atoms with Gasteiger partial charge in [-0.2, -0.15) is 0 Å². The number of aliphatic hydroxyl groups is 1. The first kappa shape index (κ1) is 15.1. The molecule has 4 nitrogen and oxygen atoms in total. The van der Waals surface area contributed by atoms with Gasteiger partial charge in [0.2, 0.25) is 0 Å². The molecule has 4 heteroatoms. The van der Waals surface area contributed by atoms with Gasteiger partial charge in [-0.05, 0) is 12.8 Å². The second-order valence-electron chi connectivity index (χ2n) is 3.99. The highest BCUT2D eigenvalue weighted by Gasteiger charge is 2.14. The summed E-state index contributed by atoms with van der Waals surface area (Å²) in [5, 5.41) is 21.4. The van der Waals surface area contributed by atoms with E-state index in [0.29, 0.717) is 24.6 Å². The van der Waals surface area contributed by atoms with Crippen LogP contribution in [0.5, 0.6) is 0 Å². The second kappa shape index (κ2) is 8.30. The van der Waals surface area contributed by atoms with Gasteiger partial charge in [0.15, 0.2) is 0 Å². The van der Waals surface area contributed by atoms with E-state index in [1.807, 2.05) is 0 Å². The zero-order valence-electron chi connectivity index (χ0n) is 10.4. The molecule has 3 N–H and O–H groups in total. The number of carbonyl (C=O) groups is 1. The van der Waals surface area contributed by atoms with E-state index in [1.54, 1.807) is 13.0 Å². The van der Waals surface area contributed by atoms with Crippen LogP contribution in [0.4, 0.5) is 0 Å². The largest absolute Gasteiger partial charge is 0.478 e. The van der Waals surface area contributed by atoms with Crippen LogP contribution in [0.15, 0.2) is 11.6 Å². The van der Waals surface area contributed by atoms with Gasteiger partial charge < -0.3 is 15.5 Å². The normalized spacial score (nSPS) is 14.2. The van der Waals surface area contributed by atoms with Crippen LogP contribution >= 0.6 is 0 Å². The maximum Gasteiger partial charge on any atom is 0.330 e. The van der Waals surface area contributed by atoms with Gasteiger partial charge in [-0.1, -0.05) is 32.8 Å². The first-order chi connectivity index (χ1) is 7.52. The summed E-state index contributed by atoms with van der Waals surface area (Å²) in [6, 6.07) is 0. The monoisotopic (exact) mass is 229 g/mol. The van der Waals surface area contributed by atoms with E-state index in [4.69, 9.17) is 5.11 Å². The fourth-order valence-corrected chi connectivity index (χ4v) is 1.54. The molecule has 0 heterocycles. The minimum absolute atomic E-state index is 0.317. The molecule has 0 fully saturated rings. The van der Waals surface area contributed by atoms with Crippen LogP contribution in [0.3, 0.4) is 0 Å². The number of aliphatic carboxylic acids is 1. The van der Waals surface area contributed by atoms with Gasteiger partial charge in [0.25, 0.3) is 0 Å². The van der Waals surface area contributed by atoms with E-state index in [2.05, 4.69) is 19.2 Å². The maximum absolute atomic E-state index is 10.5. The minimum Gasteiger partial charge on any atom is -0.478 e. The Bertz CT molecular complexity index is 234. The van der Waals surface area contributed by atoms with Crippen molar-refractivity contribution in [3.63, 3.8) is 0 Å². The van der Waals surface area contributed by atoms with Crippen molar-refractivity contribution in [2.45, 2.75) is 39.7 Å². The van der Waals surface area contributed by atoms with Crippen molar-refractivity contribution < 1.29 is 15.0 Å². The number of hydrogen-bond acceptors (Lipinski definition) is 3. The van der Waals surface area contributed by atoms with Gasteiger partial charge in [0.05, 0.1) is 6.10 Å². The Morgan fingerprint density at radius 2 is 1.94 bits per heavy atom. The van der Waals surface area contributed by atoms with E-state index in [9.17, 15) is 9.90 Å². The molecule has 0 saturated carbocycles. The van der Waals surface area contributed by atoms with Gasteiger partial charge in [-0.25, -0.2) is 4.79 Å². The lowest BCUT2D eigenvalue weighted by Crippen LogP contribution is -2.32. The number of carboxylic acids is 1. The third kappa shape index (κ3) is 5.88. The molecule has 94 valence electrons. The third-order valence-electron chi connectivity index (χ3n) is 2.84. The summed E-state index contributed by atoms with van der Waals surface area (Å²) in [6.45, 7) is 6.67. The minimum atomic E-state index is -0.901. The predicted molar refractivity (Wildman–Crippen MR) is 64.3 cm³/mol. The fourth-order valence-electron chi connectivity index (χ4n) is 1.54. The van der Waals surface area contributed by atoms with Gasteiger partial charge in [-0.3, -0.25) is 0 Å². The van der Waals surface area contributed by atoms with E-state index in [-0.39, 0.29) is 6.10 Å². The smallest absolute Gasteiger partial charge is 0.330 e. The third-order valence-corrected chi connectivity index (χ3v) is 2.84. The highest BCUT2D eigenvalue weighted by Crippen LogP contribution is 2.11. The topological polar surface area (TPSA) is 69.6 Å². The number of carboxylic acid groups (broad SMARTS) is 1. The molecule has 0 bridgehead atoms. The summed E-state index contributed by atoms with van der Waals surface area (Å²) in [6.07, 6.45) is 3.18. The molecule has 16 heavy (non-hydrogen) atoms. The first-order valence-electron chi connectivity index (χ1n) is 5.81. The lowest BCUT2D eigenvalue weighted by atomic mass is 9.96. The average molecular weight is 229 g/mol. The van der Waals surface area contributed by atoms with Crippen LogP contribution in [0.25, 0.3) is 0 Å². The number of rotatable bonds is 8. The van der Waals surface area contributed by atoms with Gasteiger partial charge >= 0.3 is 5.97 Å². The Labute approximate surface area is 97.4 Å². The number of hydrogen-bond donors (Lipinski definition) is 3. The second-order valence-corrected chi connectivity index (χ2v) is 3.99. The summed E-state index contributed by atoms with van der Waals surface area (Å²) in [5.74, 6) is -0.584. The highest BCUT2D eigenvalue weighted by molar-refractivity contribution is 5.85. The number of aliphatic hydroxyl groups excluding tert-OH is 1. The predicted octanol–water partition coefficient (Wildman–Crippen LogP) is 1.40. The molecule has 0 aromatic heterocycles. The van der Waals surface area contributed by atoms with Crippen molar-refractivity contribution in [2.24, 2.45) is 5.92 Å². The lowest BCUT2D eigenvalue weighted by molar-refractivity contribution is -0.132. The standard InChI is InChI=1S/C12H23NO3/c1-4-10(5-2)11(14)8-13-7-6-9(3)12(15)16/h6,10-11,13-14H,4-5,7-8H2,1-3H3,(H,15,16)/b9-6-. The van der Waals surface area contributed by atoms with E-state index >= 15 is 0 Å². The van der Waals surface area contributed by atoms with Crippen molar-refractivity contribution in [3.05, 3.63) is 11.6 Å². The zero-order valence-corrected chi connectivity index (χ0v) is 10.4. The molecule has 1 unspecified atom stereocenters. The van der Waals surface area contributed by atoms with Gasteiger partial charge in [-0.15, -0.1) is 0 Å². The average Bonchev–Trinajstić information content (AvgIpc) is 2.25. The molecular weight excluding hydrogens is 206 g/mol. The molecule has 1 atom stereocenters. The molecule has 0 amide bonds. The molecule has 0 saturated heterocycles. The molecule has 0 aromatic rings. The molecular formula is C12H23NO3. The van der Waals surface area contributed by atoms with Crippen molar-refractivity contribution in [3.8, 4) is 0 Å². The van der Waals surface area contributed by atoms with Crippen molar-refractivity contribution in [1.82, 2.24) is 5.32 Å². The molecule has 0 aliphatic carbocycles. The van der Waals surface area contributed by atoms with Crippen LogP contribution in [0, 0.1) is 5.92 Å². The SMILES string of the molecule is CCC(CC)C(O)CNC/C=C(/C)C(=O)O. The summed E-state index contributed by atoms with van der Waals surface area (Å²) in [4.78, 5) is 10.5. The highest BCUT2D eigenvalue weighted by atomic mass is 16.4. The zero-order chi connectivity index (χ0) is 12.6. The molecule has 0 aliphatic rings. The van der Waals surface area contributed by atoms with E-state index in [0.717, 1.165) is 12.8 Å². The Kier molecular flexibility index (Phi) is 7.85. The van der Waals surface area contributed by atoms with Crippen LogP contribution in [0.2, 0.25) is 0 Å². The quantitative estimate of drug-likeness (QED) is 0.435. The molecule has 0 aromatic carbocycles. The van der Waals surface area contributed by atoms with Crippen LogP contribution < -0.4 is 5.32 Å². The van der Waals surface area contributed by atoms with Crippen LogP contribution in [-0.2, 0) is 4.79 Å². The van der Waals surface area contributed by atoms with Crippen LogP contribution in [0.1, 0.15) is 33.6 Å².